The molecule has 5 nitrogen and oxygen atoms in total. The number of H-pyrrole nitrogens is 1. The van der Waals surface area contributed by atoms with Gasteiger partial charge in [0, 0.05) is 6.20 Å². The molecule has 3 rings (SSSR count). The minimum atomic E-state index is -0.670. The lowest BCUT2D eigenvalue weighted by Gasteiger charge is -2.15. The van der Waals surface area contributed by atoms with Crippen LogP contribution in [0.5, 0.6) is 0 Å². The van der Waals surface area contributed by atoms with Crippen molar-refractivity contribution < 1.29 is 4.79 Å². The lowest BCUT2D eigenvalue weighted by atomic mass is 10.0. The molecule has 6 heteroatoms. The van der Waals surface area contributed by atoms with Gasteiger partial charge in [0.05, 0.1) is 11.7 Å². The van der Waals surface area contributed by atoms with Crippen molar-refractivity contribution in [3.05, 3.63) is 46.1 Å². The Morgan fingerprint density at radius 2 is 2.12 bits per heavy atom. The van der Waals surface area contributed by atoms with Gasteiger partial charge in [0.1, 0.15) is 11.2 Å². The highest BCUT2D eigenvalue weighted by atomic mass is 35.5. The molecule has 2 aromatic heterocycles. The van der Waals surface area contributed by atoms with Gasteiger partial charge in [0.25, 0.3) is 5.56 Å². The Bertz CT molecular complexity index is 684. The van der Waals surface area contributed by atoms with E-state index < -0.39 is 6.04 Å². The van der Waals surface area contributed by atoms with Crippen LogP contribution in [-0.2, 0) is 0 Å². The number of ketones is 1. The molecule has 0 aliphatic heterocycles. The maximum absolute atomic E-state index is 11.8. The second kappa shape index (κ2) is 3.87. The van der Waals surface area contributed by atoms with Gasteiger partial charge in [-0.05, 0) is 18.2 Å². The maximum atomic E-state index is 11.8. The Morgan fingerprint density at radius 1 is 1.35 bits per heavy atom. The zero-order valence-corrected chi connectivity index (χ0v) is 9.53. The summed E-state index contributed by atoms with van der Waals surface area (Å²) < 4.78 is 1.69. The van der Waals surface area contributed by atoms with Crippen LogP contribution in [0.15, 0.2) is 29.2 Å². The summed E-state index contributed by atoms with van der Waals surface area (Å²) >= 11 is 0. The van der Waals surface area contributed by atoms with E-state index in [1.807, 2.05) is 0 Å². The fourth-order valence-electron chi connectivity index (χ4n) is 1.94. The van der Waals surface area contributed by atoms with Crippen molar-refractivity contribution in [1.82, 2.24) is 9.38 Å². The summed E-state index contributed by atoms with van der Waals surface area (Å²) in [6, 6.07) is 2.79. The molecule has 0 amide bonds. The Balaban J connectivity index is 0.00000108. The third-order valence-corrected chi connectivity index (χ3v) is 2.75. The first kappa shape index (κ1) is 11.6. The van der Waals surface area contributed by atoms with Crippen molar-refractivity contribution >= 4 is 29.8 Å². The number of aromatic amines is 1. The molecule has 0 saturated heterocycles. The number of rotatable bonds is 0. The van der Waals surface area contributed by atoms with E-state index >= 15 is 0 Å². The lowest BCUT2D eigenvalue weighted by molar-refractivity contribution is 0.0970. The molecule has 1 unspecified atom stereocenters. The Labute approximate surface area is 102 Å². The van der Waals surface area contributed by atoms with Crippen molar-refractivity contribution in [2.75, 3.05) is 0 Å². The van der Waals surface area contributed by atoms with Gasteiger partial charge in [-0.3, -0.25) is 9.59 Å². The number of halogens is 1. The molecule has 3 N–H and O–H groups in total. The number of Topliss-reactive ketones (excluding diaryl/α,β-unsaturated/α-hetero) is 1. The van der Waals surface area contributed by atoms with E-state index in [1.54, 1.807) is 34.9 Å². The summed E-state index contributed by atoms with van der Waals surface area (Å²) in [4.78, 5) is 26.0. The number of hydrogen-bond acceptors (Lipinski definition) is 3. The van der Waals surface area contributed by atoms with Crippen molar-refractivity contribution in [2.45, 2.75) is 6.04 Å². The molecule has 88 valence electrons. The quantitative estimate of drug-likeness (QED) is 0.719. The second-order valence-electron chi connectivity index (χ2n) is 3.73. The third-order valence-electron chi connectivity index (χ3n) is 2.75. The topological polar surface area (TPSA) is 80.4 Å². The van der Waals surface area contributed by atoms with E-state index in [-0.39, 0.29) is 29.4 Å². The summed E-state index contributed by atoms with van der Waals surface area (Å²) in [6.07, 6.45) is 5.13. The molecule has 1 atom stereocenters. The van der Waals surface area contributed by atoms with Crippen LogP contribution in [0.1, 0.15) is 16.2 Å². The Kier molecular flexibility index (Phi) is 2.65. The molecule has 0 bridgehead atoms. The highest BCUT2D eigenvalue weighted by Gasteiger charge is 2.23. The first-order chi connectivity index (χ1) is 7.68. The van der Waals surface area contributed by atoms with Crippen LogP contribution in [0, 0.1) is 0 Å². The monoisotopic (exact) mass is 251 g/mol. The summed E-state index contributed by atoms with van der Waals surface area (Å²) in [7, 11) is 0. The number of nitrogens with two attached hydrogens (primary N) is 1. The van der Waals surface area contributed by atoms with Crippen molar-refractivity contribution in [1.29, 1.82) is 0 Å². The average Bonchev–Trinajstić information content (AvgIpc) is 2.74. The minimum absolute atomic E-state index is 0. The molecule has 0 radical (unpaired) electrons. The summed E-state index contributed by atoms with van der Waals surface area (Å²) in [5.41, 5.74) is 6.79. The van der Waals surface area contributed by atoms with Crippen LogP contribution in [0.2, 0.25) is 0 Å². The Morgan fingerprint density at radius 3 is 2.88 bits per heavy atom. The number of fused-ring (bicyclic) bond motifs is 3. The molecule has 1 aliphatic carbocycles. The van der Waals surface area contributed by atoms with E-state index in [4.69, 9.17) is 5.73 Å². The molecule has 2 aromatic rings. The standard InChI is InChI=1S/C11H9N3O2.ClH/c12-6-3-4-7-9(10(6)15)13-11(16)8-2-1-5-14(7)8;/h1-6H,12H2,(H,13,16);1H. The number of carbonyl (C=O) groups excluding carboxylic acids is 1. The number of hydrogen-bond donors (Lipinski definition) is 2. The highest BCUT2D eigenvalue weighted by Crippen LogP contribution is 2.16. The fraction of sp³-hybridized carbons (Fsp3) is 0.0909. The first-order valence-corrected chi connectivity index (χ1v) is 4.90. The first-order valence-electron chi connectivity index (χ1n) is 4.90. The van der Waals surface area contributed by atoms with Crippen molar-refractivity contribution in [3.8, 4) is 0 Å². The fourth-order valence-corrected chi connectivity index (χ4v) is 1.94. The van der Waals surface area contributed by atoms with E-state index in [0.717, 1.165) is 0 Å². The predicted molar refractivity (Wildman–Crippen MR) is 66.6 cm³/mol. The van der Waals surface area contributed by atoms with E-state index in [0.29, 0.717) is 11.2 Å². The van der Waals surface area contributed by atoms with Crippen LogP contribution in [0.25, 0.3) is 11.6 Å². The number of aromatic nitrogens is 2. The summed E-state index contributed by atoms with van der Waals surface area (Å²) in [5.74, 6) is -0.259. The molecule has 17 heavy (non-hydrogen) atoms. The van der Waals surface area contributed by atoms with Gasteiger partial charge in [-0.25, -0.2) is 0 Å². The van der Waals surface area contributed by atoms with Crippen LogP contribution < -0.4 is 11.3 Å². The van der Waals surface area contributed by atoms with Gasteiger partial charge in [-0.15, -0.1) is 12.4 Å². The minimum Gasteiger partial charge on any atom is -0.318 e. The number of nitrogens with zero attached hydrogens (tertiary/aromatic N) is 1. The van der Waals surface area contributed by atoms with Gasteiger partial charge >= 0.3 is 0 Å². The SMILES string of the molecule is Cl.NC1C=Cc2c([nH]c(=O)c3cccn23)C1=O. The third kappa shape index (κ3) is 1.51. The van der Waals surface area contributed by atoms with E-state index in [2.05, 4.69) is 4.98 Å². The highest BCUT2D eigenvalue weighted by molar-refractivity contribution is 6.04. The van der Waals surface area contributed by atoms with E-state index in [9.17, 15) is 9.59 Å². The normalized spacial score (nSPS) is 17.9. The molecule has 2 heterocycles. The molecular weight excluding hydrogens is 242 g/mol. The predicted octanol–water partition coefficient (Wildman–Crippen LogP) is 0.586. The van der Waals surface area contributed by atoms with Gasteiger partial charge in [0.2, 0.25) is 5.78 Å². The van der Waals surface area contributed by atoms with Crippen LogP contribution in [0.3, 0.4) is 0 Å². The largest absolute Gasteiger partial charge is 0.318 e. The zero-order valence-electron chi connectivity index (χ0n) is 8.71. The number of nitrogens with one attached hydrogen (secondary N) is 1. The van der Waals surface area contributed by atoms with E-state index in [1.165, 1.54) is 0 Å². The lowest BCUT2D eigenvalue weighted by Crippen LogP contribution is -2.34. The molecule has 0 spiro atoms. The van der Waals surface area contributed by atoms with Gasteiger partial charge in [0.15, 0.2) is 0 Å². The Hall–Kier alpha value is -1.85. The van der Waals surface area contributed by atoms with Crippen LogP contribution in [-0.4, -0.2) is 21.2 Å². The summed E-state index contributed by atoms with van der Waals surface area (Å²) in [6.45, 7) is 0. The molecule has 1 aliphatic rings. The molecule has 0 saturated carbocycles. The van der Waals surface area contributed by atoms with Crippen LogP contribution in [0.4, 0.5) is 0 Å². The zero-order chi connectivity index (χ0) is 11.3. The second-order valence-corrected chi connectivity index (χ2v) is 3.73. The molecule has 0 aromatic carbocycles. The van der Waals surface area contributed by atoms with Crippen LogP contribution >= 0.6 is 12.4 Å². The summed E-state index contributed by atoms with van der Waals surface area (Å²) in [5, 5.41) is 0. The van der Waals surface area contributed by atoms with Gasteiger partial charge in [-0.2, -0.15) is 0 Å². The smallest absolute Gasteiger partial charge is 0.272 e. The maximum Gasteiger partial charge on any atom is 0.272 e. The molecular formula is C11H10ClN3O2. The van der Waals surface area contributed by atoms with Crippen molar-refractivity contribution in [2.24, 2.45) is 5.73 Å². The van der Waals surface area contributed by atoms with Crippen molar-refractivity contribution in [3.63, 3.8) is 0 Å². The average molecular weight is 252 g/mol. The van der Waals surface area contributed by atoms with Gasteiger partial charge in [-0.1, -0.05) is 6.08 Å². The number of carbonyl (C=O) groups is 1. The molecule has 0 fully saturated rings. The van der Waals surface area contributed by atoms with Gasteiger partial charge < -0.3 is 15.1 Å².